The number of thiophene rings is 1. The average Bonchev–Trinajstić information content (AvgIpc) is 3.08. The van der Waals surface area contributed by atoms with E-state index in [0.717, 1.165) is 6.42 Å². The summed E-state index contributed by atoms with van der Waals surface area (Å²) in [6.45, 7) is 13.6. The van der Waals surface area contributed by atoms with E-state index in [1.54, 1.807) is 0 Å². The normalized spacial score (nSPS) is 12.3. The lowest BCUT2D eigenvalue weighted by Gasteiger charge is -2.18. The molecule has 0 N–H and O–H groups in total. The largest absolute Gasteiger partial charge is 0.230 e. The highest BCUT2D eigenvalue weighted by molar-refractivity contribution is 7.27. The van der Waals surface area contributed by atoms with Crippen LogP contribution in [0, 0.1) is 26.2 Å². The van der Waals surface area contributed by atoms with Crippen molar-refractivity contribution in [2.75, 3.05) is 0 Å². The molecule has 0 radical (unpaired) electrons. The zero-order valence-electron chi connectivity index (χ0n) is 20.3. The van der Waals surface area contributed by atoms with Crippen LogP contribution in [0.1, 0.15) is 43.0 Å². The fourth-order valence-corrected chi connectivity index (χ4v) is 6.46. The summed E-state index contributed by atoms with van der Waals surface area (Å²) in [5, 5.41) is 5.44. The summed E-state index contributed by atoms with van der Waals surface area (Å²) < 4.78 is 5.07. The average molecular weight is 439 g/mol. The number of hydrogen-bond acceptors (Lipinski definition) is 1. The maximum absolute atomic E-state index is 2.39. The van der Waals surface area contributed by atoms with Gasteiger partial charge in [-0.25, -0.2) is 0 Å². The molecule has 1 nitrogen and oxygen atoms in total. The second-order valence-corrected chi connectivity index (χ2v) is 11.6. The summed E-state index contributed by atoms with van der Waals surface area (Å²) in [5.74, 6) is 0. The minimum Gasteiger partial charge on any atom is -0.200 e. The van der Waals surface area contributed by atoms with Gasteiger partial charge in [0.25, 0.3) is 0 Å². The molecule has 0 saturated carbocycles. The summed E-state index contributed by atoms with van der Waals surface area (Å²) in [6, 6.07) is 18.6. The summed E-state index contributed by atoms with van der Waals surface area (Å²) in [7, 11) is 2.17. The SMILES string of the molecule is Cc1cc(C)c(C)c(-c2c3sc4c5ccc(CC(C)(C)C)cc5ccc4c3cc[n+]2C)c1. The van der Waals surface area contributed by atoms with Gasteiger partial charge in [0.1, 0.15) is 11.7 Å². The number of aromatic nitrogens is 1. The Morgan fingerprint density at radius 3 is 2.28 bits per heavy atom. The molecular formula is C30H32NS+. The summed E-state index contributed by atoms with van der Waals surface area (Å²) in [4.78, 5) is 0. The van der Waals surface area contributed by atoms with Crippen molar-refractivity contribution in [2.24, 2.45) is 12.5 Å². The molecular weight excluding hydrogens is 406 g/mol. The van der Waals surface area contributed by atoms with Gasteiger partial charge in [-0.15, -0.1) is 11.3 Å². The van der Waals surface area contributed by atoms with Gasteiger partial charge >= 0.3 is 0 Å². The molecule has 162 valence electrons. The van der Waals surface area contributed by atoms with E-state index in [0.29, 0.717) is 5.41 Å². The number of hydrogen-bond donors (Lipinski definition) is 0. The van der Waals surface area contributed by atoms with Crippen molar-refractivity contribution >= 4 is 42.3 Å². The zero-order chi connectivity index (χ0) is 22.8. The third-order valence-electron chi connectivity index (χ3n) is 6.61. The summed E-state index contributed by atoms with van der Waals surface area (Å²) in [6.07, 6.45) is 3.32. The Labute approximate surface area is 195 Å². The Morgan fingerprint density at radius 2 is 1.53 bits per heavy atom. The molecule has 0 aliphatic rings. The minimum atomic E-state index is 0.294. The third kappa shape index (κ3) is 3.51. The van der Waals surface area contributed by atoms with Crippen LogP contribution in [0.25, 0.3) is 42.2 Å². The van der Waals surface area contributed by atoms with E-state index in [2.05, 4.69) is 108 Å². The second-order valence-electron chi connectivity index (χ2n) is 10.6. The lowest BCUT2D eigenvalue weighted by molar-refractivity contribution is -0.659. The predicted octanol–water partition coefficient (Wildman–Crippen LogP) is 8.21. The maximum atomic E-state index is 2.39. The van der Waals surface area contributed by atoms with E-state index in [4.69, 9.17) is 0 Å². The highest BCUT2D eigenvalue weighted by atomic mass is 32.1. The van der Waals surface area contributed by atoms with Gasteiger partial charge in [0.2, 0.25) is 5.69 Å². The molecule has 0 saturated heterocycles. The Bertz CT molecular complexity index is 1510. The van der Waals surface area contributed by atoms with Gasteiger partial charge < -0.3 is 0 Å². The van der Waals surface area contributed by atoms with Gasteiger partial charge in [0.05, 0.1) is 5.56 Å². The van der Waals surface area contributed by atoms with Gasteiger partial charge in [-0.3, -0.25) is 0 Å². The molecule has 0 aliphatic heterocycles. The molecule has 0 atom stereocenters. The fraction of sp³-hybridized carbons (Fsp3) is 0.300. The lowest BCUT2D eigenvalue weighted by Crippen LogP contribution is -2.30. The number of nitrogens with zero attached hydrogens (tertiary/aromatic N) is 1. The topological polar surface area (TPSA) is 3.88 Å². The molecule has 5 rings (SSSR count). The van der Waals surface area contributed by atoms with Crippen LogP contribution in [0.15, 0.2) is 54.7 Å². The molecule has 2 aromatic heterocycles. The summed E-state index contributed by atoms with van der Waals surface area (Å²) in [5.41, 5.74) is 8.43. The van der Waals surface area contributed by atoms with Gasteiger partial charge in [0.15, 0.2) is 6.20 Å². The molecule has 0 aliphatic carbocycles. The van der Waals surface area contributed by atoms with Crippen molar-refractivity contribution in [1.82, 2.24) is 0 Å². The van der Waals surface area contributed by atoms with Crippen molar-refractivity contribution in [3.63, 3.8) is 0 Å². The molecule has 0 fully saturated rings. The fourth-order valence-electron chi connectivity index (χ4n) is 5.03. The van der Waals surface area contributed by atoms with Crippen molar-refractivity contribution < 1.29 is 4.57 Å². The third-order valence-corrected chi connectivity index (χ3v) is 7.87. The number of aryl methyl sites for hydroxylation is 3. The molecule has 0 bridgehead atoms. The number of benzene rings is 3. The zero-order valence-corrected chi connectivity index (χ0v) is 21.1. The van der Waals surface area contributed by atoms with Crippen molar-refractivity contribution in [3.8, 4) is 11.3 Å². The van der Waals surface area contributed by atoms with E-state index >= 15 is 0 Å². The highest BCUT2D eigenvalue weighted by Gasteiger charge is 2.22. The number of fused-ring (bicyclic) bond motifs is 5. The van der Waals surface area contributed by atoms with Gasteiger partial charge in [-0.05, 0) is 66.1 Å². The van der Waals surface area contributed by atoms with Crippen molar-refractivity contribution in [3.05, 3.63) is 77.0 Å². The molecule has 3 aromatic carbocycles. The Kier molecular flexibility index (Phi) is 4.90. The first-order valence-corrected chi connectivity index (χ1v) is 12.3. The molecule has 5 aromatic rings. The highest BCUT2D eigenvalue weighted by Crippen LogP contribution is 2.42. The monoisotopic (exact) mass is 438 g/mol. The van der Waals surface area contributed by atoms with E-state index in [-0.39, 0.29) is 0 Å². The van der Waals surface area contributed by atoms with Crippen LogP contribution in [0.5, 0.6) is 0 Å². The van der Waals surface area contributed by atoms with Crippen LogP contribution in [0.3, 0.4) is 0 Å². The maximum Gasteiger partial charge on any atom is 0.230 e. The van der Waals surface area contributed by atoms with Gasteiger partial charge in [0, 0.05) is 21.5 Å². The van der Waals surface area contributed by atoms with Crippen LogP contribution >= 0.6 is 11.3 Å². The predicted molar refractivity (Wildman–Crippen MR) is 141 cm³/mol. The number of pyridine rings is 1. The Balaban J connectivity index is 1.80. The first-order valence-electron chi connectivity index (χ1n) is 11.5. The summed E-state index contributed by atoms with van der Waals surface area (Å²) >= 11 is 1.95. The van der Waals surface area contributed by atoms with Crippen molar-refractivity contribution in [1.29, 1.82) is 0 Å². The standard InChI is InChI=1S/C30H32NS/c1-18-14-19(2)20(3)26(15-18)27-29-25(12-13-31(27)7)24-11-9-22-16-21(17-30(4,5)6)8-10-23(22)28(24)32-29/h8-16H,17H2,1-7H3/q+1. The molecule has 32 heavy (non-hydrogen) atoms. The first kappa shape index (κ1) is 21.2. The van der Waals surface area contributed by atoms with Crippen LogP contribution in [-0.2, 0) is 13.5 Å². The van der Waals surface area contributed by atoms with Crippen LogP contribution in [0.4, 0.5) is 0 Å². The lowest BCUT2D eigenvalue weighted by atomic mass is 9.87. The van der Waals surface area contributed by atoms with Gasteiger partial charge in [-0.2, -0.15) is 4.57 Å². The molecule has 2 heteroatoms. The Morgan fingerprint density at radius 1 is 0.812 bits per heavy atom. The van der Waals surface area contributed by atoms with E-state index in [1.807, 2.05) is 11.3 Å². The number of rotatable bonds is 2. The molecule has 0 unspecified atom stereocenters. The van der Waals surface area contributed by atoms with Crippen LogP contribution in [-0.4, -0.2) is 0 Å². The minimum absolute atomic E-state index is 0.294. The second kappa shape index (κ2) is 7.42. The molecule has 0 spiro atoms. The quantitative estimate of drug-likeness (QED) is 0.244. The first-order chi connectivity index (χ1) is 15.1. The molecule has 0 amide bonds. The van der Waals surface area contributed by atoms with E-state index < -0.39 is 0 Å². The van der Waals surface area contributed by atoms with Crippen LogP contribution < -0.4 is 4.57 Å². The van der Waals surface area contributed by atoms with Crippen molar-refractivity contribution in [2.45, 2.75) is 48.0 Å². The Hall–Kier alpha value is -2.71. The molecule has 2 heterocycles. The van der Waals surface area contributed by atoms with E-state index in [1.165, 1.54) is 64.5 Å². The van der Waals surface area contributed by atoms with Gasteiger partial charge in [-0.1, -0.05) is 62.7 Å². The van der Waals surface area contributed by atoms with E-state index in [9.17, 15) is 0 Å². The van der Waals surface area contributed by atoms with Crippen LogP contribution in [0.2, 0.25) is 0 Å². The smallest absolute Gasteiger partial charge is 0.200 e.